The van der Waals surface area contributed by atoms with Crippen LogP contribution in [0.5, 0.6) is 5.75 Å². The molecule has 0 spiro atoms. The van der Waals surface area contributed by atoms with Crippen molar-refractivity contribution in [1.82, 2.24) is 15.1 Å². The Labute approximate surface area is 179 Å². The number of benzene rings is 2. The van der Waals surface area contributed by atoms with Gasteiger partial charge in [-0.3, -0.25) is 0 Å². The summed E-state index contributed by atoms with van der Waals surface area (Å²) >= 11 is 0. The molecule has 7 nitrogen and oxygen atoms in total. The summed E-state index contributed by atoms with van der Waals surface area (Å²) in [7, 11) is 0. The highest BCUT2D eigenvalue weighted by molar-refractivity contribution is 5.94. The van der Waals surface area contributed by atoms with E-state index in [1.165, 1.54) is 0 Å². The van der Waals surface area contributed by atoms with Crippen LogP contribution in [0.4, 0.5) is 9.18 Å². The van der Waals surface area contributed by atoms with E-state index in [0.29, 0.717) is 5.75 Å². The maximum absolute atomic E-state index is 14.2. The maximum atomic E-state index is 14.2. The van der Waals surface area contributed by atoms with E-state index in [-0.39, 0.29) is 26.0 Å². The fourth-order valence-corrected chi connectivity index (χ4v) is 4.01. The Morgan fingerprint density at radius 1 is 1.13 bits per heavy atom. The third kappa shape index (κ3) is 4.20. The quantitative estimate of drug-likeness (QED) is 0.627. The minimum atomic E-state index is -1.35. The zero-order chi connectivity index (χ0) is 21.2. The van der Waals surface area contributed by atoms with Gasteiger partial charge in [-0.25, -0.2) is 13.9 Å². The van der Waals surface area contributed by atoms with Crippen molar-refractivity contribution in [2.24, 2.45) is 0 Å². The molecule has 3 heterocycles. The van der Waals surface area contributed by atoms with Gasteiger partial charge in [-0.2, -0.15) is 5.10 Å². The summed E-state index contributed by atoms with van der Waals surface area (Å²) in [6.07, 6.45) is 0.918. The van der Waals surface area contributed by atoms with Crippen molar-refractivity contribution in [1.29, 1.82) is 0 Å². The highest BCUT2D eigenvalue weighted by Crippen LogP contribution is 2.35. The van der Waals surface area contributed by atoms with Crippen molar-refractivity contribution >= 4 is 17.0 Å². The summed E-state index contributed by atoms with van der Waals surface area (Å²) in [4.78, 5) is 11.9. The highest BCUT2D eigenvalue weighted by atomic mass is 19.1. The Balaban J connectivity index is 1.61. The number of nitrogens with zero attached hydrogens (tertiary/aromatic N) is 2. The fraction of sp³-hybridized carbons (Fsp3) is 0.391. The fourth-order valence-electron chi connectivity index (χ4n) is 4.01. The van der Waals surface area contributed by atoms with E-state index in [0.717, 1.165) is 53.6 Å². The minimum absolute atomic E-state index is 0.0861. The Kier molecular flexibility index (Phi) is 5.46. The topological polar surface area (TPSA) is 74.6 Å². The van der Waals surface area contributed by atoms with E-state index < -0.39 is 12.3 Å². The number of amides is 1. The van der Waals surface area contributed by atoms with Gasteiger partial charge >= 0.3 is 6.09 Å². The van der Waals surface area contributed by atoms with Gasteiger partial charge in [0.1, 0.15) is 24.7 Å². The van der Waals surface area contributed by atoms with Crippen molar-refractivity contribution in [3.8, 4) is 17.0 Å². The van der Waals surface area contributed by atoms with Gasteiger partial charge in [0.05, 0.1) is 12.1 Å². The smallest absolute Gasteiger partial charge is 0.407 e. The van der Waals surface area contributed by atoms with Gasteiger partial charge in [0.25, 0.3) is 0 Å². The summed E-state index contributed by atoms with van der Waals surface area (Å²) in [5.41, 5.74) is 3.45. The van der Waals surface area contributed by atoms with Crippen LogP contribution >= 0.6 is 0 Å². The molecule has 1 aromatic heterocycles. The Bertz CT molecular complexity index is 1090. The number of hydrogen-bond donors (Lipinski definition) is 1. The van der Waals surface area contributed by atoms with Gasteiger partial charge in [-0.1, -0.05) is 18.2 Å². The second kappa shape index (κ2) is 8.55. The van der Waals surface area contributed by atoms with Crippen LogP contribution in [-0.2, 0) is 16.1 Å². The Morgan fingerprint density at radius 3 is 2.94 bits per heavy atom. The molecule has 0 radical (unpaired) electrons. The van der Waals surface area contributed by atoms with Crippen LogP contribution in [-0.4, -0.2) is 41.8 Å². The first-order chi connectivity index (χ1) is 15.2. The average Bonchev–Trinajstić information content (AvgIpc) is 3.19. The van der Waals surface area contributed by atoms with Gasteiger partial charge < -0.3 is 19.5 Å². The lowest BCUT2D eigenvalue weighted by atomic mass is 10.0. The maximum Gasteiger partial charge on any atom is 0.407 e. The summed E-state index contributed by atoms with van der Waals surface area (Å²) in [5, 5.41) is 8.24. The molecule has 3 aromatic rings. The molecule has 2 atom stereocenters. The lowest BCUT2D eigenvalue weighted by Crippen LogP contribution is -2.33. The van der Waals surface area contributed by atoms with Crippen molar-refractivity contribution < 1.29 is 23.4 Å². The van der Waals surface area contributed by atoms with Crippen LogP contribution in [0.2, 0.25) is 0 Å². The van der Waals surface area contributed by atoms with E-state index >= 15 is 0 Å². The SMILES string of the molecule is O=C1NC[C@@H](F)COc2ccc3c(c2)c(nn3C2CCCCO2)-c2cccc(c2)CO1. The van der Waals surface area contributed by atoms with Crippen molar-refractivity contribution in [2.45, 2.75) is 38.3 Å². The van der Waals surface area contributed by atoms with E-state index in [4.69, 9.17) is 19.3 Å². The normalized spacial score (nSPS) is 22.2. The number of fused-ring (bicyclic) bond motifs is 4. The van der Waals surface area contributed by atoms with Crippen LogP contribution in [0.3, 0.4) is 0 Å². The number of aromatic nitrogens is 2. The molecule has 1 unspecified atom stereocenters. The van der Waals surface area contributed by atoms with Gasteiger partial charge in [0.15, 0.2) is 12.4 Å². The molecule has 162 valence electrons. The first-order valence-electron chi connectivity index (χ1n) is 10.6. The zero-order valence-electron chi connectivity index (χ0n) is 17.1. The standard InChI is InChI=1S/C23H24FN3O4/c24-17-12-25-23(28)31-13-15-4-3-5-16(10-15)22-19-11-18(30-14-17)7-8-20(19)27(26-22)21-6-1-2-9-29-21/h3-5,7-8,10-11,17,21H,1-2,6,9,12-14H2,(H,25,28)/t17-,21?/m1/s1. The molecule has 2 aromatic carbocycles. The molecule has 0 saturated carbocycles. The molecular formula is C23H24FN3O4. The molecule has 1 saturated heterocycles. The van der Waals surface area contributed by atoms with Crippen LogP contribution in [0.25, 0.3) is 22.2 Å². The molecule has 1 N–H and O–H groups in total. The number of alkyl carbamates (subject to hydrolysis) is 1. The summed E-state index contributed by atoms with van der Waals surface area (Å²) < 4.78 is 33.0. The molecule has 1 fully saturated rings. The number of carbonyl (C=O) groups is 1. The molecule has 2 aliphatic heterocycles. The van der Waals surface area contributed by atoms with Gasteiger partial charge in [0.2, 0.25) is 0 Å². The van der Waals surface area contributed by atoms with Crippen LogP contribution in [0, 0.1) is 0 Å². The summed E-state index contributed by atoms with van der Waals surface area (Å²) in [6.45, 7) is 0.455. The molecule has 1 amide bonds. The second-order valence-electron chi connectivity index (χ2n) is 7.86. The predicted molar refractivity (Wildman–Crippen MR) is 113 cm³/mol. The van der Waals surface area contributed by atoms with Crippen molar-refractivity contribution in [2.75, 3.05) is 19.8 Å². The monoisotopic (exact) mass is 425 g/mol. The lowest BCUT2D eigenvalue weighted by molar-refractivity contribution is -0.0365. The molecule has 2 aliphatic rings. The first-order valence-corrected chi connectivity index (χ1v) is 10.6. The van der Waals surface area contributed by atoms with Gasteiger partial charge in [-0.05, 0) is 49.1 Å². The van der Waals surface area contributed by atoms with E-state index in [1.54, 1.807) is 0 Å². The van der Waals surface area contributed by atoms with Crippen molar-refractivity contribution in [3.63, 3.8) is 0 Å². The average molecular weight is 425 g/mol. The number of cyclic esters (lactones) is 1. The third-order valence-electron chi connectivity index (χ3n) is 5.58. The Morgan fingerprint density at radius 2 is 2.06 bits per heavy atom. The van der Waals surface area contributed by atoms with E-state index in [9.17, 15) is 9.18 Å². The molecule has 31 heavy (non-hydrogen) atoms. The van der Waals surface area contributed by atoms with E-state index in [1.807, 2.05) is 47.1 Å². The van der Waals surface area contributed by atoms with Crippen LogP contribution in [0.1, 0.15) is 31.1 Å². The third-order valence-corrected chi connectivity index (χ3v) is 5.58. The predicted octanol–water partition coefficient (Wildman–Crippen LogP) is 4.36. The first kappa shape index (κ1) is 19.8. The van der Waals surface area contributed by atoms with Crippen molar-refractivity contribution in [3.05, 3.63) is 48.0 Å². The summed E-state index contributed by atoms with van der Waals surface area (Å²) in [6, 6.07) is 13.4. The van der Waals surface area contributed by atoms with Gasteiger partial charge in [0, 0.05) is 17.6 Å². The number of nitrogens with one attached hydrogen (secondary N) is 1. The van der Waals surface area contributed by atoms with E-state index in [2.05, 4.69) is 5.32 Å². The number of alkyl halides is 1. The van der Waals surface area contributed by atoms with Crippen LogP contribution in [0.15, 0.2) is 42.5 Å². The highest BCUT2D eigenvalue weighted by Gasteiger charge is 2.22. The van der Waals surface area contributed by atoms with Crippen LogP contribution < -0.4 is 10.1 Å². The molecule has 8 heteroatoms. The molecule has 5 rings (SSSR count). The molecule has 4 bridgehead atoms. The summed E-state index contributed by atoms with van der Waals surface area (Å²) in [5.74, 6) is 0.550. The zero-order valence-corrected chi connectivity index (χ0v) is 17.1. The number of hydrogen-bond acceptors (Lipinski definition) is 5. The second-order valence-corrected chi connectivity index (χ2v) is 7.86. The number of ether oxygens (including phenoxy) is 3. The molecule has 0 aliphatic carbocycles. The van der Waals surface area contributed by atoms with Gasteiger partial charge in [-0.15, -0.1) is 0 Å². The molecular weight excluding hydrogens is 401 g/mol. The number of carbonyl (C=O) groups excluding carboxylic acids is 1. The largest absolute Gasteiger partial charge is 0.490 e. The minimum Gasteiger partial charge on any atom is -0.490 e. The Hall–Kier alpha value is -3.13. The number of rotatable bonds is 1. The lowest BCUT2D eigenvalue weighted by Gasteiger charge is -2.23. The number of halogens is 1.